The first-order valence-corrected chi connectivity index (χ1v) is 11.5. The highest BCUT2D eigenvalue weighted by molar-refractivity contribution is 5.95. The van der Waals surface area contributed by atoms with Gasteiger partial charge in [0.2, 0.25) is 0 Å². The van der Waals surface area contributed by atoms with Crippen molar-refractivity contribution in [2.24, 2.45) is 0 Å². The molecule has 9 heteroatoms. The minimum atomic E-state index is -0.549. The normalized spacial score (nSPS) is 15.3. The zero-order valence-electron chi connectivity index (χ0n) is 19.9. The molecule has 1 unspecified atom stereocenters. The molecule has 1 amide bonds. The molecule has 0 bridgehead atoms. The van der Waals surface area contributed by atoms with Crippen molar-refractivity contribution in [1.82, 2.24) is 19.8 Å². The third-order valence-electron chi connectivity index (χ3n) is 6.13. The third kappa shape index (κ3) is 5.21. The van der Waals surface area contributed by atoms with E-state index in [4.69, 9.17) is 9.47 Å². The van der Waals surface area contributed by atoms with Crippen LogP contribution in [0, 0.1) is 0 Å². The number of likely N-dealkylation sites (N-methyl/N-ethyl adjacent to an activating group) is 1. The number of hydrogen-bond donors (Lipinski definition) is 1. The summed E-state index contributed by atoms with van der Waals surface area (Å²) in [7, 11) is 1.74. The lowest BCUT2D eigenvalue weighted by Crippen LogP contribution is -2.50. The second kappa shape index (κ2) is 10.7. The number of esters is 1. The zero-order valence-corrected chi connectivity index (χ0v) is 19.9. The monoisotopic (exact) mass is 465 g/mol. The van der Waals surface area contributed by atoms with E-state index in [0.29, 0.717) is 17.6 Å². The third-order valence-corrected chi connectivity index (χ3v) is 6.13. The highest BCUT2D eigenvalue weighted by Crippen LogP contribution is 2.24. The van der Waals surface area contributed by atoms with Gasteiger partial charge in [0, 0.05) is 51.2 Å². The quantitative estimate of drug-likeness (QED) is 0.511. The highest BCUT2D eigenvalue weighted by Gasteiger charge is 2.21. The lowest BCUT2D eigenvalue weighted by molar-refractivity contribution is -0.124. The van der Waals surface area contributed by atoms with E-state index in [0.717, 1.165) is 43.1 Å². The Morgan fingerprint density at radius 1 is 1.09 bits per heavy atom. The summed E-state index contributed by atoms with van der Waals surface area (Å²) in [5, 5.41) is 2.60. The Labute approximate surface area is 199 Å². The average Bonchev–Trinajstić information content (AvgIpc) is 3.30. The van der Waals surface area contributed by atoms with Crippen LogP contribution >= 0.6 is 0 Å². The van der Waals surface area contributed by atoms with Gasteiger partial charge in [-0.1, -0.05) is 6.07 Å². The lowest BCUT2D eigenvalue weighted by atomic mass is 10.2. The molecule has 1 aliphatic rings. The summed E-state index contributed by atoms with van der Waals surface area (Å²) in [5.41, 5.74) is 4.09. The highest BCUT2D eigenvalue weighted by atomic mass is 16.5. The first kappa shape index (κ1) is 23.7. The lowest BCUT2D eigenvalue weighted by Gasteiger charge is -2.38. The maximum absolute atomic E-state index is 12.3. The molecular weight excluding hydrogens is 434 g/mol. The van der Waals surface area contributed by atoms with E-state index >= 15 is 0 Å². The summed E-state index contributed by atoms with van der Waals surface area (Å²) in [6.45, 7) is 7.85. The molecule has 1 N–H and O–H groups in total. The summed E-state index contributed by atoms with van der Waals surface area (Å²) in [6, 6.07) is 13.6. The van der Waals surface area contributed by atoms with Crippen molar-refractivity contribution in [1.29, 1.82) is 0 Å². The average molecular weight is 466 g/mol. The van der Waals surface area contributed by atoms with Gasteiger partial charge in [-0.3, -0.25) is 14.3 Å². The number of nitrogens with zero attached hydrogens (tertiary/aromatic N) is 4. The van der Waals surface area contributed by atoms with E-state index in [1.807, 2.05) is 29.7 Å². The van der Waals surface area contributed by atoms with Crippen molar-refractivity contribution in [3.63, 3.8) is 0 Å². The Morgan fingerprint density at radius 3 is 2.59 bits per heavy atom. The number of carbonyl (C=O) groups excluding carboxylic acids is 2. The first-order valence-electron chi connectivity index (χ1n) is 11.5. The largest absolute Gasteiger partial charge is 0.452 e. The molecule has 1 aliphatic heterocycles. The smallest absolute Gasteiger partial charge is 0.338 e. The number of carbonyl (C=O) groups is 2. The van der Waals surface area contributed by atoms with Crippen molar-refractivity contribution in [2.45, 2.75) is 20.1 Å². The summed E-state index contributed by atoms with van der Waals surface area (Å²) in [4.78, 5) is 33.1. The number of methoxy groups -OCH3 is 1. The van der Waals surface area contributed by atoms with Gasteiger partial charge in [0.1, 0.15) is 12.6 Å². The number of nitrogens with one attached hydrogen (secondary N) is 1. The number of aromatic nitrogens is 2. The van der Waals surface area contributed by atoms with Crippen LogP contribution in [0.2, 0.25) is 0 Å². The number of piperazine rings is 1. The van der Waals surface area contributed by atoms with Gasteiger partial charge in [-0.05, 0) is 50.2 Å². The van der Waals surface area contributed by atoms with Gasteiger partial charge >= 0.3 is 5.97 Å². The van der Waals surface area contributed by atoms with Crippen LogP contribution in [0.5, 0.6) is 0 Å². The zero-order chi connectivity index (χ0) is 24.1. The van der Waals surface area contributed by atoms with Gasteiger partial charge in [-0.15, -0.1) is 0 Å². The van der Waals surface area contributed by atoms with Gasteiger partial charge in [0.05, 0.1) is 16.6 Å². The Hall–Kier alpha value is -3.43. The molecule has 2 aromatic carbocycles. The van der Waals surface area contributed by atoms with Gasteiger partial charge in [0.15, 0.2) is 6.61 Å². The fraction of sp³-hybridized carbons (Fsp3) is 0.400. The molecule has 3 aromatic rings. The number of fused-ring (bicyclic) bond motifs is 1. The number of amides is 1. The molecule has 1 saturated heterocycles. The van der Waals surface area contributed by atoms with Crippen molar-refractivity contribution >= 4 is 28.6 Å². The molecule has 1 atom stereocenters. The van der Waals surface area contributed by atoms with Crippen molar-refractivity contribution < 1.29 is 19.1 Å². The predicted molar refractivity (Wildman–Crippen MR) is 130 cm³/mol. The summed E-state index contributed by atoms with van der Waals surface area (Å²) < 4.78 is 12.5. The van der Waals surface area contributed by atoms with Crippen molar-refractivity contribution in [3.8, 4) is 5.69 Å². The molecule has 4 rings (SSSR count). The van der Waals surface area contributed by atoms with E-state index in [1.165, 1.54) is 0 Å². The Kier molecular flexibility index (Phi) is 7.44. The molecule has 0 radical (unpaired) electrons. The Morgan fingerprint density at radius 2 is 1.85 bits per heavy atom. The van der Waals surface area contributed by atoms with E-state index in [1.54, 1.807) is 25.6 Å². The van der Waals surface area contributed by atoms with Gasteiger partial charge in [0.25, 0.3) is 5.91 Å². The van der Waals surface area contributed by atoms with E-state index in [2.05, 4.69) is 39.2 Å². The fourth-order valence-corrected chi connectivity index (χ4v) is 4.14. The number of rotatable bonds is 8. The number of ether oxygens (including phenoxy) is 2. The van der Waals surface area contributed by atoms with E-state index in [-0.39, 0.29) is 18.7 Å². The predicted octanol–water partition coefficient (Wildman–Crippen LogP) is 2.43. The van der Waals surface area contributed by atoms with E-state index < -0.39 is 5.97 Å². The number of benzene rings is 2. The summed E-state index contributed by atoms with van der Waals surface area (Å²) in [5.74, 6) is -0.873. The molecule has 0 saturated carbocycles. The van der Waals surface area contributed by atoms with Crippen LogP contribution in [-0.4, -0.2) is 79.0 Å². The van der Waals surface area contributed by atoms with Crippen molar-refractivity contribution in [3.05, 3.63) is 54.4 Å². The first-order chi connectivity index (χ1) is 16.5. The van der Waals surface area contributed by atoms with Crippen LogP contribution in [0.1, 0.15) is 24.2 Å². The molecule has 2 heterocycles. The summed E-state index contributed by atoms with van der Waals surface area (Å²) >= 11 is 0. The molecular formula is C25H31N5O4. The topological polar surface area (TPSA) is 88.9 Å². The van der Waals surface area contributed by atoms with Gasteiger partial charge < -0.3 is 19.7 Å². The minimum Gasteiger partial charge on any atom is -0.452 e. The maximum atomic E-state index is 12.3. The Balaban J connectivity index is 1.48. The molecule has 9 nitrogen and oxygen atoms in total. The van der Waals surface area contributed by atoms with E-state index in [9.17, 15) is 9.59 Å². The van der Waals surface area contributed by atoms with Crippen molar-refractivity contribution in [2.75, 3.05) is 51.3 Å². The Bertz CT molecular complexity index is 1150. The molecule has 34 heavy (non-hydrogen) atoms. The van der Waals surface area contributed by atoms with Gasteiger partial charge in [-0.25, -0.2) is 9.78 Å². The minimum absolute atomic E-state index is 0.126. The molecule has 0 aliphatic carbocycles. The molecule has 1 fully saturated rings. The number of imidazole rings is 1. The molecule has 180 valence electrons. The van der Waals surface area contributed by atoms with Crippen LogP contribution in [-0.2, 0) is 14.3 Å². The van der Waals surface area contributed by atoms with Gasteiger partial charge in [-0.2, -0.15) is 0 Å². The maximum Gasteiger partial charge on any atom is 0.338 e. The number of anilines is 1. The number of hydrogen-bond acceptors (Lipinski definition) is 7. The second-order valence-electron chi connectivity index (χ2n) is 8.23. The SMILES string of the molecule is CCNC(=O)COC(=O)c1ccc2c(c1)ncn2-c1cccc(N2CCN(C(C)OC)CC2)c1. The van der Waals surface area contributed by atoms with Crippen LogP contribution in [0.25, 0.3) is 16.7 Å². The standard InChI is InChI=1S/C25H31N5O4/c1-4-26-24(31)16-34-25(32)19-8-9-23-22(14-19)27-17-30(23)21-7-5-6-20(15-21)29-12-10-28(11-13-29)18(2)33-3/h5-9,14-15,17-18H,4,10-13,16H2,1-3H3,(H,26,31). The van der Waals surface area contributed by atoms with Crippen LogP contribution < -0.4 is 10.2 Å². The fourth-order valence-electron chi connectivity index (χ4n) is 4.14. The van der Waals surface area contributed by atoms with Crippen LogP contribution in [0.15, 0.2) is 48.8 Å². The molecule has 0 spiro atoms. The summed E-state index contributed by atoms with van der Waals surface area (Å²) in [6.07, 6.45) is 1.88. The molecule has 1 aromatic heterocycles. The second-order valence-corrected chi connectivity index (χ2v) is 8.23. The van der Waals surface area contributed by atoms with Crippen LogP contribution in [0.4, 0.5) is 5.69 Å². The van der Waals surface area contributed by atoms with Crippen LogP contribution in [0.3, 0.4) is 0 Å².